The second kappa shape index (κ2) is 6.50. The molecule has 0 unspecified atom stereocenters. The van der Waals surface area contributed by atoms with Crippen LogP contribution in [0, 0.1) is 27.8 Å². The Balaban J connectivity index is 3.09. The summed E-state index contributed by atoms with van der Waals surface area (Å²) in [6.07, 6.45) is 0. The molecule has 0 heterocycles. The highest BCUT2D eigenvalue weighted by Gasteiger charge is 2.16. The SMILES string of the molecule is CC(C)CN(CC(C)C)c1cc(F)cc([N+](=O)[O-])c1. The van der Waals surface area contributed by atoms with E-state index < -0.39 is 10.7 Å². The van der Waals surface area contributed by atoms with Crippen molar-refractivity contribution in [1.82, 2.24) is 0 Å². The molecule has 0 fully saturated rings. The van der Waals surface area contributed by atoms with Crippen LogP contribution in [0.15, 0.2) is 18.2 Å². The van der Waals surface area contributed by atoms with E-state index in [0.29, 0.717) is 17.5 Å². The van der Waals surface area contributed by atoms with E-state index in [1.54, 1.807) is 0 Å². The summed E-state index contributed by atoms with van der Waals surface area (Å²) in [6.45, 7) is 9.78. The van der Waals surface area contributed by atoms with Crippen molar-refractivity contribution in [3.63, 3.8) is 0 Å². The predicted octanol–water partition coefficient (Wildman–Crippen LogP) is 3.85. The lowest BCUT2D eigenvalue weighted by Crippen LogP contribution is -2.31. The molecule has 0 saturated heterocycles. The molecule has 0 N–H and O–H groups in total. The van der Waals surface area contributed by atoms with Crippen LogP contribution in [0.2, 0.25) is 0 Å². The topological polar surface area (TPSA) is 46.4 Å². The van der Waals surface area contributed by atoms with Crippen LogP contribution in [0.25, 0.3) is 0 Å². The molecule has 1 aromatic carbocycles. The first-order valence-electron chi connectivity index (χ1n) is 6.49. The maximum atomic E-state index is 13.5. The molecule has 0 aliphatic rings. The number of nitrogens with zero attached hydrogens (tertiary/aromatic N) is 2. The van der Waals surface area contributed by atoms with E-state index in [9.17, 15) is 14.5 Å². The highest BCUT2D eigenvalue weighted by atomic mass is 19.1. The number of hydrogen-bond acceptors (Lipinski definition) is 3. The third-order valence-electron chi connectivity index (χ3n) is 2.61. The van der Waals surface area contributed by atoms with Crippen molar-refractivity contribution >= 4 is 11.4 Å². The summed E-state index contributed by atoms with van der Waals surface area (Å²) in [5, 5.41) is 10.8. The lowest BCUT2D eigenvalue weighted by Gasteiger charge is -2.28. The van der Waals surface area contributed by atoms with Crippen molar-refractivity contribution in [2.45, 2.75) is 27.7 Å². The second-order valence-corrected chi connectivity index (χ2v) is 5.62. The highest BCUT2D eigenvalue weighted by Crippen LogP contribution is 2.25. The molecule has 1 aromatic rings. The van der Waals surface area contributed by atoms with Crippen molar-refractivity contribution in [1.29, 1.82) is 0 Å². The van der Waals surface area contributed by atoms with Crippen LogP contribution >= 0.6 is 0 Å². The average Bonchev–Trinajstić information content (AvgIpc) is 2.25. The van der Waals surface area contributed by atoms with Gasteiger partial charge in [-0.2, -0.15) is 0 Å². The monoisotopic (exact) mass is 268 g/mol. The minimum absolute atomic E-state index is 0.201. The fourth-order valence-corrected chi connectivity index (χ4v) is 2.01. The standard InChI is InChI=1S/C14H21FN2O2/c1-10(2)8-16(9-11(3)4)13-5-12(15)6-14(7-13)17(18)19/h5-7,10-11H,8-9H2,1-4H3. The van der Waals surface area contributed by atoms with Crippen LogP contribution in [0.1, 0.15) is 27.7 Å². The van der Waals surface area contributed by atoms with Gasteiger partial charge in [0.05, 0.1) is 11.0 Å². The molecule has 0 amide bonds. The van der Waals surface area contributed by atoms with Crippen LogP contribution < -0.4 is 4.90 Å². The van der Waals surface area contributed by atoms with E-state index in [-0.39, 0.29) is 5.69 Å². The number of rotatable bonds is 6. The first-order chi connectivity index (χ1) is 8.79. The van der Waals surface area contributed by atoms with Crippen molar-refractivity contribution in [2.75, 3.05) is 18.0 Å². The Kier molecular flexibility index (Phi) is 5.27. The summed E-state index contributed by atoms with van der Waals surface area (Å²) in [7, 11) is 0. The number of nitro benzene ring substituents is 1. The Labute approximate surface area is 113 Å². The van der Waals surface area contributed by atoms with Crippen molar-refractivity contribution in [2.24, 2.45) is 11.8 Å². The zero-order chi connectivity index (χ0) is 14.6. The van der Waals surface area contributed by atoms with Gasteiger partial charge in [0.25, 0.3) is 5.69 Å². The molecule has 0 saturated carbocycles. The Bertz CT molecular complexity index is 437. The van der Waals surface area contributed by atoms with E-state index in [2.05, 4.69) is 27.7 Å². The number of nitro groups is 1. The van der Waals surface area contributed by atoms with E-state index in [1.807, 2.05) is 4.90 Å². The van der Waals surface area contributed by atoms with Gasteiger partial charge in [-0.15, -0.1) is 0 Å². The fourth-order valence-electron chi connectivity index (χ4n) is 2.01. The molecule has 1 rings (SSSR count). The molecule has 0 aliphatic heterocycles. The van der Waals surface area contributed by atoms with E-state index in [4.69, 9.17) is 0 Å². The second-order valence-electron chi connectivity index (χ2n) is 5.62. The summed E-state index contributed by atoms with van der Waals surface area (Å²) in [4.78, 5) is 12.2. The quantitative estimate of drug-likeness (QED) is 0.581. The number of non-ortho nitro benzene ring substituents is 1. The summed E-state index contributed by atoms with van der Waals surface area (Å²) >= 11 is 0. The zero-order valence-corrected chi connectivity index (χ0v) is 11.9. The van der Waals surface area contributed by atoms with E-state index >= 15 is 0 Å². The van der Waals surface area contributed by atoms with Gasteiger partial charge in [0, 0.05) is 24.8 Å². The predicted molar refractivity (Wildman–Crippen MR) is 74.9 cm³/mol. The molecule has 0 radical (unpaired) electrons. The largest absolute Gasteiger partial charge is 0.371 e. The van der Waals surface area contributed by atoms with Gasteiger partial charge in [0.15, 0.2) is 0 Å². The normalized spacial score (nSPS) is 11.1. The van der Waals surface area contributed by atoms with Gasteiger partial charge in [-0.3, -0.25) is 10.1 Å². The molecular weight excluding hydrogens is 247 g/mol. The van der Waals surface area contributed by atoms with Gasteiger partial charge in [-0.1, -0.05) is 27.7 Å². The number of benzene rings is 1. The number of halogens is 1. The molecular formula is C14H21FN2O2. The molecule has 0 spiro atoms. The van der Waals surface area contributed by atoms with E-state index in [0.717, 1.165) is 19.2 Å². The van der Waals surface area contributed by atoms with Crippen LogP contribution in [0.4, 0.5) is 15.8 Å². The van der Waals surface area contributed by atoms with Gasteiger partial charge >= 0.3 is 0 Å². The molecule has 106 valence electrons. The molecule has 0 aliphatic carbocycles. The molecule has 0 atom stereocenters. The van der Waals surface area contributed by atoms with Crippen LogP contribution in [-0.4, -0.2) is 18.0 Å². The first kappa shape index (κ1) is 15.4. The maximum Gasteiger partial charge on any atom is 0.274 e. The number of hydrogen-bond donors (Lipinski definition) is 0. The highest BCUT2D eigenvalue weighted by molar-refractivity contribution is 5.53. The minimum atomic E-state index is -0.568. The summed E-state index contributed by atoms with van der Waals surface area (Å²) in [6, 6.07) is 3.75. The van der Waals surface area contributed by atoms with Gasteiger partial charge < -0.3 is 4.90 Å². The van der Waals surface area contributed by atoms with E-state index in [1.165, 1.54) is 12.1 Å². The molecule has 19 heavy (non-hydrogen) atoms. The third kappa shape index (κ3) is 4.85. The Morgan fingerprint density at radius 1 is 1.16 bits per heavy atom. The maximum absolute atomic E-state index is 13.5. The summed E-state index contributed by atoms with van der Waals surface area (Å²) in [5.41, 5.74) is 0.376. The van der Waals surface area contributed by atoms with Crippen LogP contribution in [0.5, 0.6) is 0 Å². The average molecular weight is 268 g/mol. The number of anilines is 1. The lowest BCUT2D eigenvalue weighted by molar-refractivity contribution is -0.385. The van der Waals surface area contributed by atoms with Gasteiger partial charge in [-0.25, -0.2) is 4.39 Å². The van der Waals surface area contributed by atoms with Crippen molar-refractivity contribution in [3.05, 3.63) is 34.1 Å². The first-order valence-corrected chi connectivity index (χ1v) is 6.49. The minimum Gasteiger partial charge on any atom is -0.371 e. The van der Waals surface area contributed by atoms with Crippen LogP contribution in [0.3, 0.4) is 0 Å². The smallest absolute Gasteiger partial charge is 0.274 e. The molecule has 5 heteroatoms. The van der Waals surface area contributed by atoms with Gasteiger partial charge in [-0.05, 0) is 17.9 Å². The fraction of sp³-hybridized carbons (Fsp3) is 0.571. The Morgan fingerprint density at radius 3 is 2.11 bits per heavy atom. The Hall–Kier alpha value is -1.65. The van der Waals surface area contributed by atoms with Crippen molar-refractivity contribution < 1.29 is 9.31 Å². The summed E-state index contributed by atoms with van der Waals surface area (Å²) in [5.74, 6) is 0.240. The third-order valence-corrected chi connectivity index (χ3v) is 2.61. The van der Waals surface area contributed by atoms with Gasteiger partial charge in [0.2, 0.25) is 0 Å². The van der Waals surface area contributed by atoms with Gasteiger partial charge in [0.1, 0.15) is 5.82 Å². The summed E-state index contributed by atoms with van der Waals surface area (Å²) < 4.78 is 13.5. The molecule has 0 bridgehead atoms. The van der Waals surface area contributed by atoms with Crippen LogP contribution in [-0.2, 0) is 0 Å². The zero-order valence-electron chi connectivity index (χ0n) is 11.9. The Morgan fingerprint density at radius 2 is 1.68 bits per heavy atom. The molecule has 0 aromatic heterocycles. The molecule has 4 nitrogen and oxygen atoms in total. The van der Waals surface area contributed by atoms with Crippen molar-refractivity contribution in [3.8, 4) is 0 Å². The lowest BCUT2D eigenvalue weighted by atomic mass is 10.1.